The van der Waals surface area contributed by atoms with Gasteiger partial charge in [0.05, 0.1) is 0 Å². The largest absolute Gasteiger partial charge is 0.355 e. The van der Waals surface area contributed by atoms with Gasteiger partial charge >= 0.3 is 0 Å². The molecule has 2 unspecified atom stereocenters. The lowest BCUT2D eigenvalue weighted by Crippen LogP contribution is -2.45. The monoisotopic (exact) mass is 302 g/mol. The van der Waals surface area contributed by atoms with Gasteiger partial charge in [-0.3, -0.25) is 4.99 Å². The molecular weight excluding hydrogens is 272 g/mol. The van der Waals surface area contributed by atoms with Crippen molar-refractivity contribution in [1.29, 1.82) is 0 Å². The second-order valence-corrected chi connectivity index (χ2v) is 6.54. The van der Waals surface area contributed by atoms with Crippen molar-refractivity contribution in [2.45, 2.75) is 26.8 Å². The maximum absolute atomic E-state index is 4.29. The average Bonchev–Trinajstić information content (AvgIpc) is 2.50. The molecule has 1 aromatic carbocycles. The molecule has 122 valence electrons. The fraction of sp³-hybridized carbons (Fsp3) is 0.611. The van der Waals surface area contributed by atoms with E-state index in [-0.39, 0.29) is 0 Å². The van der Waals surface area contributed by atoms with Crippen LogP contribution in [0.3, 0.4) is 0 Å². The van der Waals surface area contributed by atoms with E-state index in [1.165, 1.54) is 25.1 Å². The summed E-state index contributed by atoms with van der Waals surface area (Å²) in [6, 6.07) is 10.4. The Balaban J connectivity index is 1.68. The third-order valence-electron chi connectivity index (χ3n) is 4.19. The SMILES string of the molecule is CN=C(NCCN1CC(C)CC(C)C1)NCc1ccccc1. The Hall–Kier alpha value is -1.55. The predicted octanol–water partition coefficient (Wildman–Crippen LogP) is 2.33. The first-order valence-electron chi connectivity index (χ1n) is 8.38. The molecule has 0 aromatic heterocycles. The normalized spacial score (nSPS) is 23.3. The molecule has 2 atom stereocenters. The molecule has 0 amide bonds. The van der Waals surface area contributed by atoms with Crippen molar-refractivity contribution >= 4 is 5.96 Å². The standard InChI is InChI=1S/C18H30N4/c1-15-11-16(2)14-22(13-15)10-9-20-18(19-3)21-12-17-7-5-4-6-8-17/h4-8,15-16H,9-14H2,1-3H3,(H2,19,20,21). The number of benzene rings is 1. The Kier molecular flexibility index (Phi) is 6.72. The minimum atomic E-state index is 0.804. The van der Waals surface area contributed by atoms with E-state index < -0.39 is 0 Å². The zero-order valence-corrected chi connectivity index (χ0v) is 14.2. The summed E-state index contributed by atoms with van der Waals surface area (Å²) in [6.07, 6.45) is 1.37. The van der Waals surface area contributed by atoms with Gasteiger partial charge in [0.25, 0.3) is 0 Å². The average molecular weight is 302 g/mol. The van der Waals surface area contributed by atoms with Gasteiger partial charge in [-0.25, -0.2) is 0 Å². The number of nitrogens with one attached hydrogen (secondary N) is 2. The van der Waals surface area contributed by atoms with Gasteiger partial charge in [-0.05, 0) is 23.8 Å². The quantitative estimate of drug-likeness (QED) is 0.648. The maximum Gasteiger partial charge on any atom is 0.191 e. The molecule has 1 aliphatic rings. The molecule has 0 bridgehead atoms. The summed E-state index contributed by atoms with van der Waals surface area (Å²) in [5.74, 6) is 2.51. The van der Waals surface area contributed by atoms with Gasteiger partial charge in [-0.1, -0.05) is 44.2 Å². The molecule has 1 saturated heterocycles. The molecule has 4 heteroatoms. The van der Waals surface area contributed by atoms with Crippen LogP contribution in [-0.2, 0) is 6.54 Å². The molecule has 0 radical (unpaired) electrons. The Morgan fingerprint density at radius 3 is 2.45 bits per heavy atom. The van der Waals surface area contributed by atoms with Crippen molar-refractivity contribution in [2.75, 3.05) is 33.2 Å². The number of piperidine rings is 1. The molecule has 1 aliphatic heterocycles. The number of aliphatic imine (C=N–C) groups is 1. The lowest BCUT2D eigenvalue weighted by atomic mass is 9.92. The van der Waals surface area contributed by atoms with E-state index in [9.17, 15) is 0 Å². The van der Waals surface area contributed by atoms with Gasteiger partial charge in [0.15, 0.2) is 5.96 Å². The highest BCUT2D eigenvalue weighted by molar-refractivity contribution is 5.79. The van der Waals surface area contributed by atoms with Gasteiger partial charge in [-0.15, -0.1) is 0 Å². The topological polar surface area (TPSA) is 39.7 Å². The molecule has 1 fully saturated rings. The summed E-state index contributed by atoms with van der Waals surface area (Å²) in [5.41, 5.74) is 1.27. The molecule has 0 spiro atoms. The number of hydrogen-bond acceptors (Lipinski definition) is 2. The highest BCUT2D eigenvalue weighted by atomic mass is 15.2. The van der Waals surface area contributed by atoms with Crippen LogP contribution in [0.15, 0.2) is 35.3 Å². The van der Waals surface area contributed by atoms with Crippen LogP contribution in [0.2, 0.25) is 0 Å². The third kappa shape index (κ3) is 5.68. The van der Waals surface area contributed by atoms with Gasteiger partial charge < -0.3 is 15.5 Å². The zero-order valence-electron chi connectivity index (χ0n) is 14.2. The van der Waals surface area contributed by atoms with E-state index in [1.54, 1.807) is 0 Å². The van der Waals surface area contributed by atoms with Crippen molar-refractivity contribution in [3.8, 4) is 0 Å². The molecule has 2 rings (SSSR count). The second-order valence-electron chi connectivity index (χ2n) is 6.54. The molecule has 0 aliphatic carbocycles. The van der Waals surface area contributed by atoms with Gasteiger partial charge in [0, 0.05) is 39.8 Å². The van der Waals surface area contributed by atoms with Gasteiger partial charge in [-0.2, -0.15) is 0 Å². The first kappa shape index (κ1) is 16.8. The van der Waals surface area contributed by atoms with E-state index in [2.05, 4.69) is 58.6 Å². The molecule has 0 saturated carbocycles. The van der Waals surface area contributed by atoms with Crippen LogP contribution in [0.5, 0.6) is 0 Å². The molecule has 22 heavy (non-hydrogen) atoms. The number of hydrogen-bond donors (Lipinski definition) is 2. The lowest BCUT2D eigenvalue weighted by molar-refractivity contribution is 0.143. The lowest BCUT2D eigenvalue weighted by Gasteiger charge is -2.35. The fourth-order valence-electron chi connectivity index (χ4n) is 3.31. The smallest absolute Gasteiger partial charge is 0.191 e. The van der Waals surface area contributed by atoms with Crippen LogP contribution in [0, 0.1) is 11.8 Å². The Morgan fingerprint density at radius 2 is 1.82 bits per heavy atom. The van der Waals surface area contributed by atoms with Gasteiger partial charge in [0.2, 0.25) is 0 Å². The molecule has 4 nitrogen and oxygen atoms in total. The van der Waals surface area contributed by atoms with E-state index in [0.29, 0.717) is 0 Å². The summed E-state index contributed by atoms with van der Waals surface area (Å²) in [6.45, 7) is 9.99. The van der Waals surface area contributed by atoms with Crippen molar-refractivity contribution < 1.29 is 0 Å². The summed E-state index contributed by atoms with van der Waals surface area (Å²) >= 11 is 0. The number of nitrogens with zero attached hydrogens (tertiary/aromatic N) is 2. The molecular formula is C18H30N4. The molecule has 2 N–H and O–H groups in total. The van der Waals surface area contributed by atoms with Crippen LogP contribution < -0.4 is 10.6 Å². The van der Waals surface area contributed by atoms with E-state index in [4.69, 9.17) is 0 Å². The Morgan fingerprint density at radius 1 is 1.14 bits per heavy atom. The Bertz CT molecular complexity index is 447. The van der Waals surface area contributed by atoms with Crippen molar-refractivity contribution in [1.82, 2.24) is 15.5 Å². The summed E-state index contributed by atoms with van der Waals surface area (Å²) in [5, 5.41) is 6.78. The van der Waals surface area contributed by atoms with Crippen LogP contribution in [0.4, 0.5) is 0 Å². The van der Waals surface area contributed by atoms with E-state index >= 15 is 0 Å². The zero-order chi connectivity index (χ0) is 15.8. The first-order valence-corrected chi connectivity index (χ1v) is 8.38. The minimum absolute atomic E-state index is 0.804. The van der Waals surface area contributed by atoms with Crippen molar-refractivity contribution in [3.63, 3.8) is 0 Å². The summed E-state index contributed by atoms with van der Waals surface area (Å²) in [7, 11) is 1.82. The summed E-state index contributed by atoms with van der Waals surface area (Å²) < 4.78 is 0. The molecule has 1 aromatic rings. The van der Waals surface area contributed by atoms with Crippen molar-refractivity contribution in [3.05, 3.63) is 35.9 Å². The number of rotatable bonds is 5. The predicted molar refractivity (Wildman–Crippen MR) is 94.0 cm³/mol. The Labute approximate surface area is 135 Å². The second kappa shape index (κ2) is 8.79. The number of guanidine groups is 1. The van der Waals surface area contributed by atoms with Gasteiger partial charge in [0.1, 0.15) is 0 Å². The maximum atomic E-state index is 4.29. The first-order chi connectivity index (χ1) is 10.7. The van der Waals surface area contributed by atoms with E-state index in [1.807, 2.05) is 13.1 Å². The van der Waals surface area contributed by atoms with Crippen molar-refractivity contribution in [2.24, 2.45) is 16.8 Å². The highest BCUT2D eigenvalue weighted by Gasteiger charge is 2.21. The van der Waals surface area contributed by atoms with Crippen LogP contribution in [-0.4, -0.2) is 44.1 Å². The minimum Gasteiger partial charge on any atom is -0.355 e. The van der Waals surface area contributed by atoms with Crippen LogP contribution >= 0.6 is 0 Å². The third-order valence-corrected chi connectivity index (χ3v) is 4.19. The summed E-state index contributed by atoms with van der Waals surface area (Å²) in [4.78, 5) is 6.86. The van der Waals surface area contributed by atoms with E-state index in [0.717, 1.165) is 37.4 Å². The van der Waals surface area contributed by atoms with Crippen LogP contribution in [0.25, 0.3) is 0 Å². The highest BCUT2D eigenvalue weighted by Crippen LogP contribution is 2.20. The fourth-order valence-corrected chi connectivity index (χ4v) is 3.31. The molecule has 1 heterocycles. The number of likely N-dealkylation sites (tertiary alicyclic amines) is 1. The van der Waals surface area contributed by atoms with Crippen LogP contribution in [0.1, 0.15) is 25.8 Å².